The maximum atomic E-state index is 12.9. The zero-order chi connectivity index (χ0) is 19.1. The van der Waals surface area contributed by atoms with Crippen molar-refractivity contribution in [3.63, 3.8) is 0 Å². The number of benzene rings is 1. The van der Waals surface area contributed by atoms with Crippen molar-refractivity contribution in [2.45, 2.75) is 25.7 Å². The Bertz CT molecular complexity index is 777. The zero-order valence-electron chi connectivity index (χ0n) is 14.7. The van der Waals surface area contributed by atoms with Crippen LogP contribution in [0.25, 0.3) is 0 Å². The lowest BCUT2D eigenvalue weighted by molar-refractivity contribution is -0.145. The molecular formula is C20H20FNO5. The fraction of sp³-hybridized carbons (Fsp3) is 0.500. The third-order valence-electron chi connectivity index (χ3n) is 6.09. The number of carbonyl (C=O) groups is 4. The number of halogens is 1. The third kappa shape index (κ3) is 3.15. The second-order valence-corrected chi connectivity index (χ2v) is 7.55. The minimum Gasteiger partial charge on any atom is -0.457 e. The van der Waals surface area contributed by atoms with Gasteiger partial charge in [-0.15, -0.1) is 0 Å². The number of ether oxygens (including phenoxy) is 1. The van der Waals surface area contributed by atoms with Gasteiger partial charge in [0.1, 0.15) is 5.82 Å². The number of hydrogen-bond donors (Lipinski definition) is 0. The summed E-state index contributed by atoms with van der Waals surface area (Å²) in [5, 5.41) is 0. The first-order chi connectivity index (χ1) is 13.0. The minimum atomic E-state index is -0.647. The number of ketones is 1. The van der Waals surface area contributed by atoms with Crippen LogP contribution in [0, 0.1) is 29.5 Å². The molecule has 7 heteroatoms. The van der Waals surface area contributed by atoms with Gasteiger partial charge in [-0.1, -0.05) is 0 Å². The van der Waals surface area contributed by atoms with Gasteiger partial charge in [0.2, 0.25) is 11.8 Å². The fourth-order valence-corrected chi connectivity index (χ4v) is 4.83. The lowest BCUT2D eigenvalue weighted by atomic mass is 9.81. The van der Waals surface area contributed by atoms with E-state index in [2.05, 4.69) is 0 Å². The van der Waals surface area contributed by atoms with Crippen molar-refractivity contribution in [3.05, 3.63) is 35.6 Å². The maximum Gasteiger partial charge on any atom is 0.308 e. The van der Waals surface area contributed by atoms with Crippen LogP contribution >= 0.6 is 0 Å². The Morgan fingerprint density at radius 1 is 1.04 bits per heavy atom. The molecule has 2 bridgehead atoms. The lowest BCUT2D eigenvalue weighted by Crippen LogP contribution is -2.35. The standard InChI is InChI=1S/C20H20FNO5/c21-14-5-3-11(4-6-14)15(23)10-27-16(24)7-8-22-19(25)17-12-1-2-13(9-12)18(17)20(22)26/h3-6,12-13,17-18H,1-2,7-10H2/t12-,13+,17-,18+. The van der Waals surface area contributed by atoms with Crippen LogP contribution in [0.2, 0.25) is 0 Å². The van der Waals surface area contributed by atoms with Crippen molar-refractivity contribution in [2.24, 2.45) is 23.7 Å². The Hall–Kier alpha value is -2.57. The highest BCUT2D eigenvalue weighted by Gasteiger charge is 2.60. The summed E-state index contributed by atoms with van der Waals surface area (Å²) < 4.78 is 17.8. The molecule has 27 heavy (non-hydrogen) atoms. The van der Waals surface area contributed by atoms with E-state index in [1.807, 2.05) is 0 Å². The van der Waals surface area contributed by atoms with Crippen molar-refractivity contribution in [2.75, 3.05) is 13.2 Å². The van der Waals surface area contributed by atoms with E-state index in [-0.39, 0.29) is 42.2 Å². The van der Waals surface area contributed by atoms with Gasteiger partial charge >= 0.3 is 5.97 Å². The largest absolute Gasteiger partial charge is 0.457 e. The quantitative estimate of drug-likeness (QED) is 0.433. The van der Waals surface area contributed by atoms with E-state index < -0.39 is 24.2 Å². The summed E-state index contributed by atoms with van der Waals surface area (Å²) in [5.74, 6) is -1.65. The molecule has 0 unspecified atom stereocenters. The molecule has 0 N–H and O–H groups in total. The molecule has 2 aliphatic carbocycles. The molecule has 142 valence electrons. The Morgan fingerprint density at radius 2 is 1.63 bits per heavy atom. The molecule has 2 saturated carbocycles. The summed E-state index contributed by atoms with van der Waals surface area (Å²) in [7, 11) is 0. The number of rotatable bonds is 6. The molecule has 2 amide bonds. The van der Waals surface area contributed by atoms with Crippen LogP contribution in [0.15, 0.2) is 24.3 Å². The topological polar surface area (TPSA) is 80.8 Å². The van der Waals surface area contributed by atoms with Gasteiger partial charge in [0, 0.05) is 12.1 Å². The van der Waals surface area contributed by atoms with E-state index in [0.29, 0.717) is 11.8 Å². The highest BCUT2D eigenvalue weighted by Crippen LogP contribution is 2.56. The molecular weight excluding hydrogens is 353 g/mol. The van der Waals surface area contributed by atoms with Crippen LogP contribution in [-0.4, -0.2) is 41.6 Å². The molecule has 1 saturated heterocycles. The predicted molar refractivity (Wildman–Crippen MR) is 90.8 cm³/mol. The van der Waals surface area contributed by atoms with Crippen molar-refractivity contribution >= 4 is 23.6 Å². The van der Waals surface area contributed by atoms with Crippen LogP contribution in [0.3, 0.4) is 0 Å². The molecule has 6 nitrogen and oxygen atoms in total. The highest BCUT2D eigenvalue weighted by molar-refractivity contribution is 6.06. The van der Waals surface area contributed by atoms with E-state index in [4.69, 9.17) is 4.74 Å². The van der Waals surface area contributed by atoms with Crippen molar-refractivity contribution in [1.82, 2.24) is 4.90 Å². The molecule has 1 aromatic carbocycles. The van der Waals surface area contributed by atoms with E-state index in [1.54, 1.807) is 0 Å². The average Bonchev–Trinajstić information content (AvgIpc) is 3.33. The summed E-state index contributed by atoms with van der Waals surface area (Å²) in [4.78, 5) is 50.1. The van der Waals surface area contributed by atoms with E-state index >= 15 is 0 Å². The summed E-state index contributed by atoms with van der Waals surface area (Å²) >= 11 is 0. The lowest BCUT2D eigenvalue weighted by Gasteiger charge is -2.19. The highest BCUT2D eigenvalue weighted by atomic mass is 19.1. The van der Waals surface area contributed by atoms with Gasteiger partial charge in [-0.2, -0.15) is 0 Å². The van der Waals surface area contributed by atoms with Crippen LogP contribution in [-0.2, 0) is 19.1 Å². The Kier molecular flexibility index (Phi) is 4.53. The SMILES string of the molecule is O=C(CCN1C(=O)[C@@H]2[C@@H]3CC[C@@H](C3)[C@@H]2C1=O)OCC(=O)c1ccc(F)cc1. The number of likely N-dealkylation sites (tertiary alicyclic amines) is 1. The van der Waals surface area contributed by atoms with Crippen LogP contribution in [0.5, 0.6) is 0 Å². The van der Waals surface area contributed by atoms with Crippen LogP contribution in [0.1, 0.15) is 36.0 Å². The summed E-state index contributed by atoms with van der Waals surface area (Å²) in [6.07, 6.45) is 2.84. The molecule has 1 heterocycles. The number of nitrogens with zero attached hydrogens (tertiary/aromatic N) is 1. The first-order valence-electron chi connectivity index (χ1n) is 9.25. The molecule has 3 fully saturated rings. The summed E-state index contributed by atoms with van der Waals surface area (Å²) in [6.45, 7) is -0.463. The molecule has 1 aliphatic heterocycles. The first kappa shape index (κ1) is 17.8. The van der Waals surface area contributed by atoms with Crippen molar-refractivity contribution in [1.29, 1.82) is 0 Å². The molecule has 0 radical (unpaired) electrons. The second kappa shape index (κ2) is 6.87. The number of esters is 1. The van der Waals surface area contributed by atoms with E-state index in [9.17, 15) is 23.6 Å². The normalized spacial score (nSPS) is 28.6. The van der Waals surface area contributed by atoms with Gasteiger partial charge < -0.3 is 4.74 Å². The number of amides is 2. The van der Waals surface area contributed by atoms with Gasteiger partial charge in [-0.05, 0) is 55.4 Å². The van der Waals surface area contributed by atoms with Gasteiger partial charge in [-0.25, -0.2) is 4.39 Å². The van der Waals surface area contributed by atoms with Gasteiger partial charge in [-0.3, -0.25) is 24.1 Å². The van der Waals surface area contributed by atoms with E-state index in [0.717, 1.165) is 31.4 Å². The van der Waals surface area contributed by atoms with Crippen molar-refractivity contribution in [3.8, 4) is 0 Å². The number of imide groups is 1. The van der Waals surface area contributed by atoms with Gasteiger partial charge in [0.05, 0.1) is 18.3 Å². The monoisotopic (exact) mass is 373 g/mol. The Balaban J connectivity index is 1.27. The first-order valence-corrected chi connectivity index (χ1v) is 9.25. The molecule has 3 aliphatic rings. The third-order valence-corrected chi connectivity index (χ3v) is 6.09. The molecule has 1 aromatic rings. The van der Waals surface area contributed by atoms with Gasteiger partial charge in [0.25, 0.3) is 0 Å². The van der Waals surface area contributed by atoms with Crippen LogP contribution in [0.4, 0.5) is 4.39 Å². The van der Waals surface area contributed by atoms with E-state index in [1.165, 1.54) is 17.0 Å². The van der Waals surface area contributed by atoms with Gasteiger partial charge in [0.15, 0.2) is 12.4 Å². The molecule has 4 atom stereocenters. The second-order valence-electron chi connectivity index (χ2n) is 7.55. The number of hydrogen-bond acceptors (Lipinski definition) is 5. The smallest absolute Gasteiger partial charge is 0.308 e. The minimum absolute atomic E-state index is 0.00627. The number of carbonyl (C=O) groups excluding carboxylic acids is 4. The molecule has 0 spiro atoms. The molecule has 0 aromatic heterocycles. The maximum absolute atomic E-state index is 12.9. The predicted octanol–water partition coefficient (Wildman–Crippen LogP) is 1.97. The number of Topliss-reactive ketones (excluding diaryl/α,β-unsaturated/α-hetero) is 1. The Morgan fingerprint density at radius 3 is 2.22 bits per heavy atom. The summed E-state index contributed by atoms with van der Waals surface area (Å²) in [5.41, 5.74) is 0.248. The average molecular weight is 373 g/mol. The molecule has 4 rings (SSSR count). The van der Waals surface area contributed by atoms with Crippen LogP contribution < -0.4 is 0 Å². The zero-order valence-corrected chi connectivity index (χ0v) is 14.7. The fourth-order valence-electron chi connectivity index (χ4n) is 4.83. The Labute approximate surface area is 155 Å². The van der Waals surface area contributed by atoms with Crippen molar-refractivity contribution < 1.29 is 28.3 Å². The summed E-state index contributed by atoms with van der Waals surface area (Å²) in [6, 6.07) is 4.95. The number of fused-ring (bicyclic) bond motifs is 5.